The quantitative estimate of drug-likeness (QED) is 0.427. The number of nitrogens with one attached hydrogen (secondary N) is 1. The number of para-hydroxylation sites is 2. The molecule has 3 aromatic carbocycles. The molecule has 0 aliphatic carbocycles. The monoisotopic (exact) mass is 454 g/mol. The van der Waals surface area contributed by atoms with Gasteiger partial charge in [-0.25, -0.2) is 4.98 Å². The van der Waals surface area contributed by atoms with Crippen molar-refractivity contribution in [1.29, 1.82) is 0 Å². The van der Waals surface area contributed by atoms with Gasteiger partial charge in [-0.3, -0.25) is 9.69 Å². The second-order valence-electron chi connectivity index (χ2n) is 8.94. The summed E-state index contributed by atoms with van der Waals surface area (Å²) in [5.74, 6) is 1.87. The van der Waals surface area contributed by atoms with E-state index in [0.717, 1.165) is 66.3 Å². The standard InChI is InChI=1S/C28H30N4O2/c1-31-26-12-6-5-11-25(26)30-27(31)19-32-17-7-10-22(18-32)28(33)29-23-13-15-24(16-14-23)34-20-21-8-3-2-4-9-21/h2-6,8-9,11-16,22H,7,10,17-20H2,1H3,(H,29,33)/t22-/m0/s1. The largest absolute Gasteiger partial charge is 0.489 e. The average Bonchev–Trinajstić information content (AvgIpc) is 3.19. The Bertz CT molecular complexity index is 1250. The zero-order valence-electron chi connectivity index (χ0n) is 19.5. The van der Waals surface area contributed by atoms with Crippen LogP contribution in [-0.4, -0.2) is 33.4 Å². The molecule has 174 valence electrons. The van der Waals surface area contributed by atoms with Crippen molar-refractivity contribution in [2.75, 3.05) is 18.4 Å². The molecule has 34 heavy (non-hydrogen) atoms. The summed E-state index contributed by atoms with van der Waals surface area (Å²) < 4.78 is 8.00. The molecule has 0 spiro atoms. The molecule has 5 rings (SSSR count). The number of carbonyl (C=O) groups is 1. The number of aryl methyl sites for hydroxylation is 1. The zero-order valence-corrected chi connectivity index (χ0v) is 19.5. The number of hydrogen-bond donors (Lipinski definition) is 1. The topological polar surface area (TPSA) is 59.4 Å². The lowest BCUT2D eigenvalue weighted by atomic mass is 9.97. The molecule has 6 nitrogen and oxygen atoms in total. The smallest absolute Gasteiger partial charge is 0.228 e. The molecule has 0 radical (unpaired) electrons. The van der Waals surface area contributed by atoms with Crippen LogP contribution in [0, 0.1) is 5.92 Å². The van der Waals surface area contributed by atoms with Crippen molar-refractivity contribution in [3.63, 3.8) is 0 Å². The van der Waals surface area contributed by atoms with Crippen LogP contribution in [0.2, 0.25) is 0 Å². The van der Waals surface area contributed by atoms with Gasteiger partial charge in [0.15, 0.2) is 0 Å². The van der Waals surface area contributed by atoms with Gasteiger partial charge in [-0.1, -0.05) is 42.5 Å². The summed E-state index contributed by atoms with van der Waals surface area (Å²) in [6.45, 7) is 3.01. The van der Waals surface area contributed by atoms with Crippen LogP contribution in [0.25, 0.3) is 11.0 Å². The fraction of sp³-hybridized carbons (Fsp3) is 0.286. The van der Waals surface area contributed by atoms with E-state index in [9.17, 15) is 4.79 Å². The molecule has 2 heterocycles. The molecule has 1 amide bonds. The van der Waals surface area contributed by atoms with Crippen LogP contribution in [0.15, 0.2) is 78.9 Å². The number of ether oxygens (including phenoxy) is 1. The number of likely N-dealkylation sites (tertiary alicyclic amines) is 1. The first kappa shape index (κ1) is 22.2. The van der Waals surface area contributed by atoms with Gasteiger partial charge in [0.1, 0.15) is 18.2 Å². The maximum atomic E-state index is 13.0. The first-order valence-corrected chi connectivity index (χ1v) is 11.9. The van der Waals surface area contributed by atoms with E-state index < -0.39 is 0 Å². The van der Waals surface area contributed by atoms with Crippen molar-refractivity contribution in [3.05, 3.63) is 90.3 Å². The minimum Gasteiger partial charge on any atom is -0.489 e. The van der Waals surface area contributed by atoms with Gasteiger partial charge in [0.2, 0.25) is 5.91 Å². The lowest BCUT2D eigenvalue weighted by molar-refractivity contribution is -0.121. The summed E-state index contributed by atoms with van der Waals surface area (Å²) in [6, 6.07) is 25.9. The Labute approximate surface area is 200 Å². The number of hydrogen-bond acceptors (Lipinski definition) is 4. The molecule has 1 saturated heterocycles. The summed E-state index contributed by atoms with van der Waals surface area (Å²) >= 11 is 0. The summed E-state index contributed by atoms with van der Waals surface area (Å²) in [7, 11) is 2.06. The number of carbonyl (C=O) groups excluding carboxylic acids is 1. The van der Waals surface area contributed by atoms with Gasteiger partial charge in [0.25, 0.3) is 0 Å². The second kappa shape index (κ2) is 10.1. The predicted molar refractivity (Wildman–Crippen MR) is 135 cm³/mol. The number of rotatable bonds is 7. The maximum Gasteiger partial charge on any atom is 0.228 e. The van der Waals surface area contributed by atoms with Gasteiger partial charge in [0.05, 0.1) is 23.5 Å². The van der Waals surface area contributed by atoms with Crippen LogP contribution in [0.1, 0.15) is 24.2 Å². The van der Waals surface area contributed by atoms with Gasteiger partial charge in [-0.05, 0) is 61.3 Å². The van der Waals surface area contributed by atoms with E-state index in [1.807, 2.05) is 72.8 Å². The number of imidazole rings is 1. The van der Waals surface area contributed by atoms with E-state index in [2.05, 4.69) is 27.9 Å². The highest BCUT2D eigenvalue weighted by Gasteiger charge is 2.26. The molecule has 1 fully saturated rings. The third-order valence-electron chi connectivity index (χ3n) is 6.49. The second-order valence-corrected chi connectivity index (χ2v) is 8.94. The van der Waals surface area contributed by atoms with Gasteiger partial charge in [0, 0.05) is 19.3 Å². The minimum atomic E-state index is -0.0301. The van der Waals surface area contributed by atoms with Crippen molar-refractivity contribution < 1.29 is 9.53 Å². The first-order chi connectivity index (χ1) is 16.7. The van der Waals surface area contributed by atoms with Crippen LogP contribution in [0.4, 0.5) is 5.69 Å². The maximum absolute atomic E-state index is 13.0. The Morgan fingerprint density at radius 1 is 1.03 bits per heavy atom. The molecule has 1 N–H and O–H groups in total. The van der Waals surface area contributed by atoms with Crippen molar-refractivity contribution in [2.45, 2.75) is 26.0 Å². The van der Waals surface area contributed by atoms with Crippen molar-refractivity contribution in [3.8, 4) is 5.75 Å². The third-order valence-corrected chi connectivity index (χ3v) is 6.49. The van der Waals surface area contributed by atoms with Gasteiger partial charge >= 0.3 is 0 Å². The molecule has 4 aromatic rings. The number of aromatic nitrogens is 2. The van der Waals surface area contributed by atoms with Crippen LogP contribution < -0.4 is 10.1 Å². The molecule has 6 heteroatoms. The molecule has 0 saturated carbocycles. The highest BCUT2D eigenvalue weighted by atomic mass is 16.5. The molecule has 0 unspecified atom stereocenters. The summed E-state index contributed by atoms with van der Waals surface area (Å²) in [5, 5.41) is 3.09. The number of anilines is 1. The molecule has 1 aliphatic rings. The van der Waals surface area contributed by atoms with Crippen molar-refractivity contribution in [2.24, 2.45) is 13.0 Å². The molecule has 0 bridgehead atoms. The third kappa shape index (κ3) is 5.13. The van der Waals surface area contributed by atoms with E-state index >= 15 is 0 Å². The number of fused-ring (bicyclic) bond motifs is 1. The Hall–Kier alpha value is -3.64. The fourth-order valence-electron chi connectivity index (χ4n) is 4.57. The van der Waals surface area contributed by atoms with Crippen LogP contribution in [0.3, 0.4) is 0 Å². The highest BCUT2D eigenvalue weighted by Crippen LogP contribution is 2.23. The van der Waals surface area contributed by atoms with E-state index in [-0.39, 0.29) is 11.8 Å². The Balaban J connectivity index is 1.15. The lowest BCUT2D eigenvalue weighted by Crippen LogP contribution is -2.40. The van der Waals surface area contributed by atoms with Gasteiger partial charge in [-0.15, -0.1) is 0 Å². The van der Waals surface area contributed by atoms with Gasteiger partial charge in [-0.2, -0.15) is 0 Å². The van der Waals surface area contributed by atoms with Crippen LogP contribution in [-0.2, 0) is 25.0 Å². The number of amides is 1. The number of benzene rings is 3. The van der Waals surface area contributed by atoms with E-state index in [1.54, 1.807) is 0 Å². The molecular weight excluding hydrogens is 424 g/mol. The molecule has 1 atom stereocenters. The minimum absolute atomic E-state index is 0.0301. The predicted octanol–water partition coefficient (Wildman–Crippen LogP) is 5.00. The Kier molecular flexibility index (Phi) is 6.58. The van der Waals surface area contributed by atoms with Gasteiger partial charge < -0.3 is 14.6 Å². The van der Waals surface area contributed by atoms with E-state index in [4.69, 9.17) is 9.72 Å². The normalized spacial score (nSPS) is 16.4. The number of piperidine rings is 1. The zero-order chi connectivity index (χ0) is 23.3. The fourth-order valence-corrected chi connectivity index (χ4v) is 4.57. The van der Waals surface area contributed by atoms with E-state index in [0.29, 0.717) is 6.61 Å². The van der Waals surface area contributed by atoms with Crippen LogP contribution in [0.5, 0.6) is 5.75 Å². The molecule has 1 aromatic heterocycles. The summed E-state index contributed by atoms with van der Waals surface area (Å²) in [5.41, 5.74) is 4.08. The SMILES string of the molecule is Cn1c(CN2CCC[C@H](C(=O)Nc3ccc(OCc4ccccc4)cc3)C2)nc2ccccc21. The highest BCUT2D eigenvalue weighted by molar-refractivity contribution is 5.92. The lowest BCUT2D eigenvalue weighted by Gasteiger charge is -2.31. The molecular formula is C28H30N4O2. The summed E-state index contributed by atoms with van der Waals surface area (Å²) in [6.07, 6.45) is 1.91. The Morgan fingerprint density at radius 2 is 1.79 bits per heavy atom. The average molecular weight is 455 g/mol. The van der Waals surface area contributed by atoms with Crippen molar-refractivity contribution >= 4 is 22.6 Å². The molecule has 1 aliphatic heterocycles. The Morgan fingerprint density at radius 3 is 2.59 bits per heavy atom. The van der Waals surface area contributed by atoms with E-state index in [1.165, 1.54) is 0 Å². The number of nitrogens with zero attached hydrogens (tertiary/aromatic N) is 3. The van der Waals surface area contributed by atoms with Crippen LogP contribution >= 0.6 is 0 Å². The summed E-state index contributed by atoms with van der Waals surface area (Å²) in [4.78, 5) is 20.1. The van der Waals surface area contributed by atoms with Crippen molar-refractivity contribution in [1.82, 2.24) is 14.5 Å². The first-order valence-electron chi connectivity index (χ1n) is 11.9.